The Labute approximate surface area is 207 Å². The van der Waals surface area contributed by atoms with Crippen LogP contribution in [0.4, 0.5) is 29.3 Å². The number of anilines is 2. The third-order valence-electron chi connectivity index (χ3n) is 6.20. The summed E-state index contributed by atoms with van der Waals surface area (Å²) in [6, 6.07) is 7.36. The molecule has 0 unspecified atom stereocenters. The Morgan fingerprint density at radius 3 is 2.68 bits per heavy atom. The summed E-state index contributed by atoms with van der Waals surface area (Å²) in [5.74, 6) is -1.50. The van der Waals surface area contributed by atoms with Crippen LogP contribution < -0.4 is 16.0 Å². The number of nitrogens with two attached hydrogens (primary N) is 1. The Bertz CT molecular complexity index is 1520. The molecule has 192 valence electrons. The van der Waals surface area contributed by atoms with E-state index in [1.807, 2.05) is 0 Å². The van der Waals surface area contributed by atoms with Crippen LogP contribution in [0.15, 0.2) is 36.4 Å². The predicted molar refractivity (Wildman–Crippen MR) is 126 cm³/mol. The highest BCUT2D eigenvalue weighted by Crippen LogP contribution is 2.35. The maximum absolute atomic E-state index is 14.4. The molecular weight excluding hydrogens is 494 g/mol. The van der Waals surface area contributed by atoms with Gasteiger partial charge in [0.2, 0.25) is 5.95 Å². The quantitative estimate of drug-likeness (QED) is 0.287. The zero-order valence-electron chi connectivity index (χ0n) is 19.4. The van der Waals surface area contributed by atoms with Crippen molar-refractivity contribution in [1.29, 1.82) is 0 Å². The van der Waals surface area contributed by atoms with Crippen molar-refractivity contribution in [3.8, 4) is 0 Å². The molecule has 1 aliphatic heterocycles. The zero-order chi connectivity index (χ0) is 26.5. The van der Waals surface area contributed by atoms with Crippen molar-refractivity contribution in [2.75, 3.05) is 10.2 Å². The highest BCUT2D eigenvalue weighted by atomic mass is 19.4. The largest absolute Gasteiger partial charge is 0.416 e. The van der Waals surface area contributed by atoms with E-state index in [9.17, 15) is 27.5 Å². The number of hydrogen-bond acceptors (Lipinski definition) is 7. The van der Waals surface area contributed by atoms with E-state index in [1.54, 1.807) is 24.0 Å². The van der Waals surface area contributed by atoms with Crippen molar-refractivity contribution in [2.24, 2.45) is 5.73 Å². The van der Waals surface area contributed by atoms with Gasteiger partial charge in [0.1, 0.15) is 11.6 Å². The SMILES string of the molecule is C[C@@H](O)c1n[nH]c2c1CN(c1nc(NCc3c(F)cccc3C(F)(F)F)c3cccc(C(N)=O)c3n1)C2. The topological polar surface area (TPSA) is 133 Å². The predicted octanol–water partition coefficient (Wildman–Crippen LogP) is 3.80. The van der Waals surface area contributed by atoms with Crippen molar-refractivity contribution < 1.29 is 27.5 Å². The van der Waals surface area contributed by atoms with Crippen LogP contribution in [0, 0.1) is 5.82 Å². The van der Waals surface area contributed by atoms with E-state index < -0.39 is 41.7 Å². The Kier molecular flexibility index (Phi) is 5.94. The molecule has 2 aromatic heterocycles. The van der Waals surface area contributed by atoms with Crippen LogP contribution >= 0.6 is 0 Å². The van der Waals surface area contributed by atoms with Gasteiger partial charge in [-0.15, -0.1) is 0 Å². The molecule has 1 amide bonds. The Morgan fingerprint density at radius 2 is 1.97 bits per heavy atom. The summed E-state index contributed by atoms with van der Waals surface area (Å²) < 4.78 is 54.9. The number of hydrogen-bond donors (Lipinski definition) is 4. The van der Waals surface area contributed by atoms with Crippen molar-refractivity contribution in [3.63, 3.8) is 0 Å². The van der Waals surface area contributed by atoms with Gasteiger partial charge in [-0.05, 0) is 31.2 Å². The molecule has 4 aromatic rings. The van der Waals surface area contributed by atoms with E-state index in [4.69, 9.17) is 5.73 Å². The minimum atomic E-state index is -4.75. The van der Waals surface area contributed by atoms with Gasteiger partial charge in [0, 0.05) is 23.1 Å². The fourth-order valence-electron chi connectivity index (χ4n) is 4.44. The van der Waals surface area contributed by atoms with Gasteiger partial charge < -0.3 is 21.1 Å². The maximum Gasteiger partial charge on any atom is 0.416 e. The van der Waals surface area contributed by atoms with E-state index in [0.29, 0.717) is 24.2 Å². The number of aromatic amines is 1. The highest BCUT2D eigenvalue weighted by molar-refractivity contribution is 6.07. The number of nitrogens with one attached hydrogen (secondary N) is 2. The molecule has 0 saturated carbocycles. The van der Waals surface area contributed by atoms with Crippen molar-refractivity contribution in [2.45, 2.75) is 38.8 Å². The molecule has 1 atom stereocenters. The number of halogens is 4. The summed E-state index contributed by atoms with van der Waals surface area (Å²) in [5.41, 5.74) is 6.16. The summed E-state index contributed by atoms with van der Waals surface area (Å²) in [6.45, 7) is 1.67. The summed E-state index contributed by atoms with van der Waals surface area (Å²) in [6.07, 6.45) is -5.56. The maximum atomic E-state index is 14.4. The second kappa shape index (κ2) is 9.00. The highest BCUT2D eigenvalue weighted by Gasteiger charge is 2.34. The summed E-state index contributed by atoms with van der Waals surface area (Å²) in [5, 5.41) is 20.1. The lowest BCUT2D eigenvalue weighted by atomic mass is 10.1. The minimum Gasteiger partial charge on any atom is -0.387 e. The van der Waals surface area contributed by atoms with Crippen LogP contribution in [0.1, 0.15) is 51.5 Å². The lowest BCUT2D eigenvalue weighted by Gasteiger charge is -2.20. The number of primary amides is 1. The first kappa shape index (κ1) is 24.4. The van der Waals surface area contributed by atoms with Crippen molar-refractivity contribution in [1.82, 2.24) is 20.2 Å². The Balaban J connectivity index is 1.57. The standard InChI is InChI=1S/C24H21F4N7O2/c1-11(36)19-15-9-35(10-18(15)33-34-19)23-31-20-12(21(29)37)4-2-5-13(20)22(32-23)30-8-14-16(24(26,27)28)6-3-7-17(14)25/h2-7,11,36H,8-10H2,1H3,(H2,29,37)(H,33,34)(H,30,31,32)/t11-/m1/s1. The number of carbonyl (C=O) groups is 1. The number of fused-ring (bicyclic) bond motifs is 2. The van der Waals surface area contributed by atoms with Crippen molar-refractivity contribution >= 4 is 28.6 Å². The second-order valence-corrected chi connectivity index (χ2v) is 8.65. The smallest absolute Gasteiger partial charge is 0.387 e. The van der Waals surface area contributed by atoms with Crippen molar-refractivity contribution in [3.05, 3.63) is 75.9 Å². The van der Waals surface area contributed by atoms with Gasteiger partial charge in [0.25, 0.3) is 5.91 Å². The number of aliphatic hydroxyl groups excluding tert-OH is 1. The summed E-state index contributed by atoms with van der Waals surface area (Å²) in [4.78, 5) is 22.9. The number of aromatic nitrogens is 4. The number of nitrogens with zero attached hydrogens (tertiary/aromatic N) is 4. The number of rotatable bonds is 6. The molecule has 0 aliphatic carbocycles. The normalized spacial score (nSPS) is 14.2. The first-order valence-electron chi connectivity index (χ1n) is 11.2. The molecule has 0 fully saturated rings. The molecule has 5 rings (SSSR count). The molecule has 3 heterocycles. The number of benzene rings is 2. The number of H-pyrrole nitrogens is 1. The summed E-state index contributed by atoms with van der Waals surface area (Å²) in [7, 11) is 0. The number of amides is 1. The van der Waals surface area contributed by atoms with Gasteiger partial charge >= 0.3 is 6.18 Å². The van der Waals surface area contributed by atoms with Gasteiger partial charge in [0.15, 0.2) is 0 Å². The Hall–Kier alpha value is -4.26. The zero-order valence-corrected chi connectivity index (χ0v) is 19.4. The molecule has 1 aliphatic rings. The number of aliphatic hydroxyl groups is 1. The van der Waals surface area contributed by atoms with Crippen LogP contribution in [-0.4, -0.2) is 31.2 Å². The van der Waals surface area contributed by atoms with Gasteiger partial charge in [-0.1, -0.05) is 12.1 Å². The van der Waals surface area contributed by atoms with Crippen LogP contribution in [-0.2, 0) is 25.8 Å². The fourth-order valence-corrected chi connectivity index (χ4v) is 4.44. The second-order valence-electron chi connectivity index (χ2n) is 8.65. The average Bonchev–Trinajstić information content (AvgIpc) is 3.42. The molecule has 13 heteroatoms. The molecule has 0 bridgehead atoms. The lowest BCUT2D eigenvalue weighted by molar-refractivity contribution is -0.138. The molecule has 2 aromatic carbocycles. The first-order chi connectivity index (χ1) is 17.5. The molecular formula is C24H21F4N7O2. The third kappa shape index (κ3) is 4.42. The van der Waals surface area contributed by atoms with E-state index in [2.05, 4.69) is 25.5 Å². The number of para-hydroxylation sites is 1. The Morgan fingerprint density at radius 1 is 1.22 bits per heavy atom. The summed E-state index contributed by atoms with van der Waals surface area (Å²) >= 11 is 0. The van der Waals surface area contributed by atoms with E-state index in [0.717, 1.165) is 29.5 Å². The monoisotopic (exact) mass is 515 g/mol. The average molecular weight is 515 g/mol. The first-order valence-corrected chi connectivity index (χ1v) is 11.2. The molecule has 0 saturated heterocycles. The van der Waals surface area contributed by atoms with Gasteiger partial charge in [-0.3, -0.25) is 9.89 Å². The number of carbonyl (C=O) groups excluding carboxylic acids is 1. The molecule has 37 heavy (non-hydrogen) atoms. The van der Waals surface area contributed by atoms with Crippen LogP contribution in [0.3, 0.4) is 0 Å². The van der Waals surface area contributed by atoms with E-state index in [-0.39, 0.29) is 22.8 Å². The van der Waals surface area contributed by atoms with Crippen LogP contribution in [0.25, 0.3) is 10.9 Å². The van der Waals surface area contributed by atoms with Crippen LogP contribution in [0.2, 0.25) is 0 Å². The molecule has 9 nitrogen and oxygen atoms in total. The number of alkyl halides is 3. The van der Waals surface area contributed by atoms with Gasteiger partial charge in [-0.25, -0.2) is 9.37 Å². The lowest BCUT2D eigenvalue weighted by Crippen LogP contribution is -2.21. The molecule has 0 radical (unpaired) electrons. The minimum absolute atomic E-state index is 0.0927. The van der Waals surface area contributed by atoms with Gasteiger partial charge in [0.05, 0.1) is 47.2 Å². The van der Waals surface area contributed by atoms with E-state index in [1.165, 1.54) is 6.07 Å². The van der Waals surface area contributed by atoms with Gasteiger partial charge in [-0.2, -0.15) is 23.3 Å². The van der Waals surface area contributed by atoms with Crippen LogP contribution in [0.5, 0.6) is 0 Å². The molecule has 5 N–H and O–H groups in total. The van der Waals surface area contributed by atoms with E-state index >= 15 is 0 Å². The molecule has 0 spiro atoms. The fraction of sp³-hybridized carbons (Fsp3) is 0.250. The third-order valence-corrected chi connectivity index (χ3v) is 6.20.